The SMILES string of the molecule is N#Cc1ccn(CCc2ccccc2)c(=O)n1. The Kier molecular flexibility index (Phi) is 3.31. The number of aromatic nitrogens is 2. The second-order valence-electron chi connectivity index (χ2n) is 3.64. The highest BCUT2D eigenvalue weighted by Crippen LogP contribution is 2.00. The summed E-state index contributed by atoms with van der Waals surface area (Å²) in [5.41, 5.74) is 0.953. The first-order chi connectivity index (χ1) is 8.29. The summed E-state index contributed by atoms with van der Waals surface area (Å²) in [7, 11) is 0. The second kappa shape index (κ2) is 5.08. The fraction of sp³-hybridized carbons (Fsp3) is 0.154. The fourth-order valence-corrected chi connectivity index (χ4v) is 1.56. The lowest BCUT2D eigenvalue weighted by molar-refractivity contribution is 0.647. The molecular formula is C13H11N3O. The zero-order valence-corrected chi connectivity index (χ0v) is 9.21. The molecule has 0 spiro atoms. The van der Waals surface area contributed by atoms with Gasteiger partial charge in [-0.3, -0.25) is 4.57 Å². The van der Waals surface area contributed by atoms with Crippen molar-refractivity contribution in [1.29, 1.82) is 5.26 Å². The lowest BCUT2D eigenvalue weighted by Crippen LogP contribution is -2.23. The lowest BCUT2D eigenvalue weighted by Gasteiger charge is -2.04. The van der Waals surface area contributed by atoms with Crippen LogP contribution < -0.4 is 5.69 Å². The average molecular weight is 225 g/mol. The molecule has 0 fully saturated rings. The predicted octanol–water partition coefficient (Wildman–Crippen LogP) is 1.36. The van der Waals surface area contributed by atoms with Crippen LogP contribution in [-0.2, 0) is 13.0 Å². The van der Waals surface area contributed by atoms with Gasteiger partial charge < -0.3 is 0 Å². The second-order valence-corrected chi connectivity index (χ2v) is 3.64. The molecule has 4 nitrogen and oxygen atoms in total. The summed E-state index contributed by atoms with van der Waals surface area (Å²) in [5, 5.41) is 8.60. The van der Waals surface area contributed by atoms with Crippen molar-refractivity contribution in [3.8, 4) is 6.07 Å². The topological polar surface area (TPSA) is 58.7 Å². The first kappa shape index (κ1) is 11.1. The van der Waals surface area contributed by atoms with Crippen molar-refractivity contribution in [3.05, 3.63) is 64.3 Å². The van der Waals surface area contributed by atoms with Crippen molar-refractivity contribution in [2.45, 2.75) is 13.0 Å². The number of rotatable bonds is 3. The maximum absolute atomic E-state index is 11.5. The van der Waals surface area contributed by atoms with E-state index in [4.69, 9.17) is 5.26 Å². The Morgan fingerprint density at radius 1 is 1.24 bits per heavy atom. The number of nitriles is 1. The molecule has 1 heterocycles. The molecule has 0 aliphatic carbocycles. The minimum atomic E-state index is -0.375. The van der Waals surface area contributed by atoms with E-state index in [2.05, 4.69) is 4.98 Å². The number of nitrogens with zero attached hydrogens (tertiary/aromatic N) is 3. The molecule has 0 aliphatic rings. The Hall–Kier alpha value is -2.41. The summed E-state index contributed by atoms with van der Waals surface area (Å²) in [5.74, 6) is 0. The molecule has 1 aromatic heterocycles. The molecule has 1 aromatic carbocycles. The molecule has 0 saturated carbocycles. The van der Waals surface area contributed by atoms with E-state index in [1.165, 1.54) is 10.1 Å². The van der Waals surface area contributed by atoms with E-state index in [9.17, 15) is 4.79 Å². The first-order valence-electron chi connectivity index (χ1n) is 5.31. The van der Waals surface area contributed by atoms with Crippen LogP contribution >= 0.6 is 0 Å². The van der Waals surface area contributed by atoms with Gasteiger partial charge in [0.05, 0.1) is 0 Å². The third kappa shape index (κ3) is 2.79. The smallest absolute Gasteiger partial charge is 0.299 e. The Morgan fingerprint density at radius 3 is 2.65 bits per heavy atom. The van der Waals surface area contributed by atoms with Gasteiger partial charge in [0.2, 0.25) is 0 Å². The summed E-state index contributed by atoms with van der Waals surface area (Å²) in [4.78, 5) is 15.2. The van der Waals surface area contributed by atoms with E-state index < -0.39 is 0 Å². The van der Waals surface area contributed by atoms with Gasteiger partial charge in [-0.1, -0.05) is 30.3 Å². The number of benzene rings is 1. The van der Waals surface area contributed by atoms with Gasteiger partial charge in [-0.15, -0.1) is 0 Å². The Morgan fingerprint density at radius 2 is 2.00 bits per heavy atom. The van der Waals surface area contributed by atoms with E-state index in [1.54, 1.807) is 12.3 Å². The fourth-order valence-electron chi connectivity index (χ4n) is 1.56. The third-order valence-electron chi connectivity index (χ3n) is 2.47. The standard InChI is InChI=1S/C13H11N3O/c14-10-12-7-9-16(13(17)15-12)8-6-11-4-2-1-3-5-11/h1-5,7,9H,6,8H2. The quantitative estimate of drug-likeness (QED) is 0.792. The molecule has 0 amide bonds. The van der Waals surface area contributed by atoms with Crippen molar-refractivity contribution in [3.63, 3.8) is 0 Å². The van der Waals surface area contributed by atoms with Crippen LogP contribution in [0.2, 0.25) is 0 Å². The summed E-state index contributed by atoms with van der Waals surface area (Å²) in [6.45, 7) is 0.571. The summed E-state index contributed by atoms with van der Waals surface area (Å²) in [6.07, 6.45) is 2.38. The number of hydrogen-bond acceptors (Lipinski definition) is 3. The van der Waals surface area contributed by atoms with Gasteiger partial charge in [-0.2, -0.15) is 10.2 Å². The van der Waals surface area contributed by atoms with Gasteiger partial charge in [0.15, 0.2) is 0 Å². The molecule has 0 aliphatic heterocycles. The number of aryl methyl sites for hydroxylation is 2. The minimum absolute atomic E-state index is 0.158. The molecule has 0 bridgehead atoms. The van der Waals surface area contributed by atoms with Gasteiger partial charge in [0, 0.05) is 12.7 Å². The monoisotopic (exact) mass is 225 g/mol. The van der Waals surface area contributed by atoms with E-state index in [1.807, 2.05) is 36.4 Å². The van der Waals surface area contributed by atoms with Crippen molar-refractivity contribution >= 4 is 0 Å². The molecule has 0 unspecified atom stereocenters. The van der Waals surface area contributed by atoms with Crippen LogP contribution in [0.3, 0.4) is 0 Å². The predicted molar refractivity (Wildman–Crippen MR) is 63.4 cm³/mol. The highest BCUT2D eigenvalue weighted by Gasteiger charge is 1.99. The van der Waals surface area contributed by atoms with Crippen molar-refractivity contribution in [2.75, 3.05) is 0 Å². The molecule has 0 N–H and O–H groups in total. The van der Waals surface area contributed by atoms with Crippen LogP contribution in [0.25, 0.3) is 0 Å². The van der Waals surface area contributed by atoms with E-state index in [0.717, 1.165) is 6.42 Å². The average Bonchev–Trinajstić information content (AvgIpc) is 2.38. The third-order valence-corrected chi connectivity index (χ3v) is 2.47. The minimum Gasteiger partial charge on any atom is -0.299 e. The van der Waals surface area contributed by atoms with E-state index in [0.29, 0.717) is 6.54 Å². The van der Waals surface area contributed by atoms with Crippen LogP contribution in [-0.4, -0.2) is 9.55 Å². The lowest BCUT2D eigenvalue weighted by atomic mass is 10.1. The maximum atomic E-state index is 11.5. The Balaban J connectivity index is 2.11. The molecule has 0 saturated heterocycles. The molecular weight excluding hydrogens is 214 g/mol. The van der Waals surface area contributed by atoms with Crippen LogP contribution in [0.4, 0.5) is 0 Å². The Bertz CT molecular complexity index is 596. The largest absolute Gasteiger partial charge is 0.348 e. The normalized spacial score (nSPS) is 9.82. The first-order valence-corrected chi connectivity index (χ1v) is 5.31. The molecule has 4 heteroatoms. The van der Waals surface area contributed by atoms with E-state index in [-0.39, 0.29) is 11.4 Å². The zero-order valence-electron chi connectivity index (χ0n) is 9.21. The van der Waals surface area contributed by atoms with Crippen LogP contribution in [0.15, 0.2) is 47.4 Å². The van der Waals surface area contributed by atoms with Crippen molar-refractivity contribution < 1.29 is 0 Å². The van der Waals surface area contributed by atoms with Gasteiger partial charge in [0.1, 0.15) is 11.8 Å². The molecule has 2 rings (SSSR count). The number of hydrogen-bond donors (Lipinski definition) is 0. The summed E-state index contributed by atoms with van der Waals surface area (Å²) < 4.78 is 1.51. The van der Waals surface area contributed by atoms with Gasteiger partial charge in [0.25, 0.3) is 0 Å². The molecule has 0 atom stereocenters. The molecule has 17 heavy (non-hydrogen) atoms. The molecule has 84 valence electrons. The highest BCUT2D eigenvalue weighted by atomic mass is 16.1. The summed E-state index contributed by atoms with van der Waals surface area (Å²) in [6, 6.07) is 13.3. The van der Waals surface area contributed by atoms with Crippen LogP contribution in [0, 0.1) is 11.3 Å². The molecule has 0 radical (unpaired) electrons. The maximum Gasteiger partial charge on any atom is 0.348 e. The molecule has 2 aromatic rings. The van der Waals surface area contributed by atoms with Crippen LogP contribution in [0.1, 0.15) is 11.3 Å². The Labute approximate surface area is 98.8 Å². The van der Waals surface area contributed by atoms with Gasteiger partial charge in [-0.25, -0.2) is 4.79 Å². The highest BCUT2D eigenvalue weighted by molar-refractivity contribution is 5.17. The summed E-state index contributed by atoms with van der Waals surface area (Å²) >= 11 is 0. The van der Waals surface area contributed by atoms with E-state index >= 15 is 0 Å². The van der Waals surface area contributed by atoms with Crippen molar-refractivity contribution in [1.82, 2.24) is 9.55 Å². The van der Waals surface area contributed by atoms with Gasteiger partial charge in [-0.05, 0) is 18.1 Å². The van der Waals surface area contributed by atoms with Crippen LogP contribution in [0.5, 0.6) is 0 Å². The zero-order chi connectivity index (χ0) is 12.1. The van der Waals surface area contributed by atoms with Crippen molar-refractivity contribution in [2.24, 2.45) is 0 Å². The van der Waals surface area contributed by atoms with Gasteiger partial charge >= 0.3 is 5.69 Å².